The van der Waals surface area contributed by atoms with E-state index in [-0.39, 0.29) is 25.7 Å². The van der Waals surface area contributed by atoms with Gasteiger partial charge in [0.2, 0.25) is 0 Å². The predicted molar refractivity (Wildman–Crippen MR) is 409 cm³/mol. The molecule has 0 rings (SSSR count). The van der Waals surface area contributed by atoms with E-state index in [1.54, 1.807) is 0 Å². The summed E-state index contributed by atoms with van der Waals surface area (Å²) in [6.07, 6.45) is 62.6. The topological polar surface area (TPSA) is 237 Å². The minimum absolute atomic E-state index is 0.105. The van der Waals surface area contributed by atoms with Crippen LogP contribution in [0.15, 0.2) is 0 Å². The van der Waals surface area contributed by atoms with E-state index < -0.39 is 97.5 Å². The normalized spacial score (nSPS) is 13.9. The molecule has 0 fully saturated rings. The minimum Gasteiger partial charge on any atom is -0.462 e. The largest absolute Gasteiger partial charge is 0.472 e. The summed E-state index contributed by atoms with van der Waals surface area (Å²) in [5, 5.41) is 10.6. The van der Waals surface area contributed by atoms with Crippen LogP contribution in [-0.2, 0) is 65.4 Å². The van der Waals surface area contributed by atoms with Crippen LogP contribution >= 0.6 is 15.6 Å². The lowest BCUT2D eigenvalue weighted by Crippen LogP contribution is -2.30. The molecule has 0 spiro atoms. The standard InChI is InChI=1S/C81H158O17P2/c1-7-9-11-13-15-17-19-20-21-22-23-24-25-26-27-28-33-36-40-47-53-59-65-80(85)97-76(69-92-79(84)64-58-52-46-39-35-32-30-29-31-34-37-43-49-55-61-73(3)4)71-95-99(87,88)93-67-75(82)68-94-100(89,90)96-72-77(70-91-78(83)63-57-51-45-38-18-16-14-12-10-8-2)98-81(86)66-60-54-48-42-41-44-50-56-62-74(5)6/h73-77,82H,7-72H2,1-6H3,(H,87,88)(H,89,90)/t75-,76-,77-/m1/s1. The van der Waals surface area contributed by atoms with Crippen LogP contribution in [0.3, 0.4) is 0 Å². The number of unbranched alkanes of at least 4 members (excludes halogenated alkanes) is 50. The quantitative estimate of drug-likeness (QED) is 0.0222. The number of carbonyl (C=O) groups is 4. The molecule has 0 aliphatic carbocycles. The zero-order valence-electron chi connectivity index (χ0n) is 65.5. The van der Waals surface area contributed by atoms with Crippen molar-refractivity contribution in [2.45, 2.75) is 445 Å². The van der Waals surface area contributed by atoms with Gasteiger partial charge in [-0.3, -0.25) is 37.3 Å². The van der Waals surface area contributed by atoms with Gasteiger partial charge < -0.3 is 33.8 Å². The predicted octanol–water partition coefficient (Wildman–Crippen LogP) is 24.3. The number of hydrogen-bond acceptors (Lipinski definition) is 15. The van der Waals surface area contributed by atoms with Crippen LogP contribution in [-0.4, -0.2) is 96.7 Å². The summed E-state index contributed by atoms with van der Waals surface area (Å²) in [6.45, 7) is 9.60. The number of hydrogen-bond donors (Lipinski definition) is 3. The molecule has 0 amide bonds. The van der Waals surface area contributed by atoms with E-state index in [0.717, 1.165) is 102 Å². The molecule has 0 saturated heterocycles. The van der Waals surface area contributed by atoms with Crippen molar-refractivity contribution in [3.05, 3.63) is 0 Å². The van der Waals surface area contributed by atoms with Crippen molar-refractivity contribution in [1.82, 2.24) is 0 Å². The lowest BCUT2D eigenvalue weighted by molar-refractivity contribution is -0.161. The van der Waals surface area contributed by atoms with Crippen molar-refractivity contribution in [1.29, 1.82) is 0 Å². The van der Waals surface area contributed by atoms with E-state index in [1.807, 2.05) is 0 Å². The van der Waals surface area contributed by atoms with E-state index in [2.05, 4.69) is 41.5 Å². The fraction of sp³-hybridized carbons (Fsp3) is 0.951. The third-order valence-electron chi connectivity index (χ3n) is 19.0. The first-order valence-corrected chi connectivity index (χ1v) is 45.0. The molecule has 0 heterocycles. The lowest BCUT2D eigenvalue weighted by Gasteiger charge is -2.21. The van der Waals surface area contributed by atoms with Crippen LogP contribution in [0, 0.1) is 11.8 Å². The molecule has 0 aliphatic rings. The molecular weight excluding hydrogens is 1310 g/mol. The van der Waals surface area contributed by atoms with Crippen LogP contribution in [0.25, 0.3) is 0 Å². The van der Waals surface area contributed by atoms with Gasteiger partial charge in [0.05, 0.1) is 26.4 Å². The van der Waals surface area contributed by atoms with Crippen LogP contribution < -0.4 is 0 Å². The van der Waals surface area contributed by atoms with Gasteiger partial charge in [-0.2, -0.15) is 0 Å². The van der Waals surface area contributed by atoms with Gasteiger partial charge in [0.1, 0.15) is 19.3 Å². The van der Waals surface area contributed by atoms with Crippen molar-refractivity contribution in [2.24, 2.45) is 11.8 Å². The van der Waals surface area contributed by atoms with Gasteiger partial charge in [0.15, 0.2) is 12.2 Å². The lowest BCUT2D eigenvalue weighted by atomic mass is 10.0. The molecule has 0 aromatic carbocycles. The Morgan fingerprint density at radius 3 is 0.680 bits per heavy atom. The first kappa shape index (κ1) is 98.1. The average Bonchev–Trinajstić information content (AvgIpc) is 0.928. The van der Waals surface area contributed by atoms with E-state index in [4.69, 9.17) is 37.0 Å². The number of esters is 4. The van der Waals surface area contributed by atoms with Gasteiger partial charge in [0.25, 0.3) is 0 Å². The summed E-state index contributed by atoms with van der Waals surface area (Å²) in [4.78, 5) is 72.9. The molecule has 594 valence electrons. The number of carbonyl (C=O) groups excluding carboxylic acids is 4. The summed E-state index contributed by atoms with van der Waals surface area (Å²) in [5.41, 5.74) is 0. The van der Waals surface area contributed by atoms with Crippen LogP contribution in [0.2, 0.25) is 0 Å². The molecule has 0 aliphatic heterocycles. The summed E-state index contributed by atoms with van der Waals surface area (Å²) in [7, 11) is -9.92. The maximum Gasteiger partial charge on any atom is 0.472 e. The van der Waals surface area contributed by atoms with E-state index in [9.17, 15) is 43.2 Å². The summed E-state index contributed by atoms with van der Waals surface area (Å²) in [6, 6.07) is 0. The Morgan fingerprint density at radius 2 is 0.460 bits per heavy atom. The van der Waals surface area contributed by atoms with Crippen LogP contribution in [0.5, 0.6) is 0 Å². The number of rotatable bonds is 80. The highest BCUT2D eigenvalue weighted by Crippen LogP contribution is 2.45. The number of aliphatic hydroxyl groups is 1. The molecular formula is C81H158O17P2. The number of aliphatic hydroxyl groups excluding tert-OH is 1. The molecule has 0 radical (unpaired) electrons. The van der Waals surface area contributed by atoms with Gasteiger partial charge in [0, 0.05) is 25.7 Å². The van der Waals surface area contributed by atoms with Crippen LogP contribution in [0.1, 0.15) is 427 Å². The second-order valence-electron chi connectivity index (χ2n) is 30.1. The molecule has 17 nitrogen and oxygen atoms in total. The van der Waals surface area contributed by atoms with Crippen molar-refractivity contribution in [2.75, 3.05) is 39.6 Å². The monoisotopic (exact) mass is 1470 g/mol. The summed E-state index contributed by atoms with van der Waals surface area (Å²) >= 11 is 0. The van der Waals surface area contributed by atoms with Gasteiger partial charge in [-0.15, -0.1) is 0 Å². The SMILES string of the molecule is CCCCCCCCCCCCCCCCCCCCCCCCC(=O)O[C@H](COC(=O)CCCCCCCCCCCCCCCCC(C)C)COP(=O)(O)OC[C@@H](O)COP(=O)(O)OC[C@@H](COC(=O)CCCCCCCCCCCC)OC(=O)CCCCCCCCCCC(C)C. The third-order valence-corrected chi connectivity index (χ3v) is 20.9. The fourth-order valence-electron chi connectivity index (χ4n) is 12.5. The first-order chi connectivity index (χ1) is 48.4. The molecule has 0 bridgehead atoms. The van der Waals surface area contributed by atoms with Crippen molar-refractivity contribution in [3.8, 4) is 0 Å². The van der Waals surface area contributed by atoms with E-state index in [0.29, 0.717) is 25.7 Å². The van der Waals surface area contributed by atoms with Crippen molar-refractivity contribution in [3.63, 3.8) is 0 Å². The Bertz CT molecular complexity index is 1920. The van der Waals surface area contributed by atoms with Gasteiger partial charge >= 0.3 is 39.5 Å². The molecule has 0 saturated carbocycles. The minimum atomic E-state index is -4.96. The van der Waals surface area contributed by atoms with Crippen molar-refractivity contribution < 1.29 is 80.2 Å². The van der Waals surface area contributed by atoms with Gasteiger partial charge in [-0.25, -0.2) is 9.13 Å². The first-order valence-electron chi connectivity index (χ1n) is 42.0. The zero-order chi connectivity index (χ0) is 73.5. The molecule has 0 aromatic rings. The molecule has 0 aromatic heterocycles. The molecule has 100 heavy (non-hydrogen) atoms. The Kier molecular flexibility index (Phi) is 71.2. The highest BCUT2D eigenvalue weighted by Gasteiger charge is 2.30. The summed E-state index contributed by atoms with van der Waals surface area (Å²) in [5.74, 6) is -0.595. The second-order valence-corrected chi connectivity index (χ2v) is 33.0. The molecule has 2 unspecified atom stereocenters. The van der Waals surface area contributed by atoms with Gasteiger partial charge in [-0.05, 0) is 37.5 Å². The van der Waals surface area contributed by atoms with E-state index >= 15 is 0 Å². The van der Waals surface area contributed by atoms with Gasteiger partial charge in [-0.1, -0.05) is 375 Å². The Labute approximate surface area is 613 Å². The number of ether oxygens (including phenoxy) is 4. The highest BCUT2D eigenvalue weighted by molar-refractivity contribution is 7.47. The average molecular weight is 1470 g/mol. The maximum atomic E-state index is 13.1. The molecule has 19 heteroatoms. The highest BCUT2D eigenvalue weighted by atomic mass is 31.2. The molecule has 5 atom stereocenters. The second kappa shape index (κ2) is 72.6. The summed E-state index contributed by atoms with van der Waals surface area (Å²) < 4.78 is 68.6. The molecule has 3 N–H and O–H groups in total. The Hall–Kier alpha value is -1.94. The van der Waals surface area contributed by atoms with E-state index in [1.165, 1.54) is 244 Å². The third kappa shape index (κ3) is 74.3. The smallest absolute Gasteiger partial charge is 0.462 e. The van der Waals surface area contributed by atoms with Crippen molar-refractivity contribution >= 4 is 39.5 Å². The fourth-order valence-corrected chi connectivity index (χ4v) is 14.1. The Balaban J connectivity index is 5.19. The number of phosphoric ester groups is 2. The maximum absolute atomic E-state index is 13.1. The Morgan fingerprint density at radius 1 is 0.270 bits per heavy atom. The number of phosphoric acid groups is 2. The zero-order valence-corrected chi connectivity index (χ0v) is 67.3. The van der Waals surface area contributed by atoms with Crippen LogP contribution in [0.4, 0.5) is 0 Å².